The number of nitrogen functional groups attached to an aromatic ring is 1. The molecule has 0 saturated heterocycles. The molecule has 0 saturated carbocycles. The Morgan fingerprint density at radius 1 is 1.64 bits per heavy atom. The van der Waals surface area contributed by atoms with E-state index in [4.69, 9.17) is 5.73 Å². The molecule has 1 aromatic heterocycles. The predicted octanol–water partition coefficient (Wildman–Crippen LogP) is 0.962. The van der Waals surface area contributed by atoms with E-state index < -0.39 is 0 Å². The molecule has 0 aliphatic heterocycles. The van der Waals surface area contributed by atoms with Crippen LogP contribution in [-0.2, 0) is 13.5 Å². The number of rotatable bonds is 0. The second kappa shape index (κ2) is 2.12. The van der Waals surface area contributed by atoms with Crippen LogP contribution in [0.5, 0.6) is 0 Å². The molecular formula is C8H11N3. The predicted molar refractivity (Wildman–Crippen MR) is 45.0 cm³/mol. The Labute approximate surface area is 65.5 Å². The normalized spacial score (nSPS) is 15.0. The van der Waals surface area contributed by atoms with Gasteiger partial charge in [0.1, 0.15) is 0 Å². The molecule has 1 aliphatic carbocycles. The molecule has 0 aromatic carbocycles. The first-order valence-electron chi connectivity index (χ1n) is 3.76. The summed E-state index contributed by atoms with van der Waals surface area (Å²) in [6.45, 7) is 0. The first kappa shape index (κ1) is 6.46. The van der Waals surface area contributed by atoms with E-state index in [1.54, 1.807) is 0 Å². The molecule has 1 aliphatic rings. The minimum atomic E-state index is 0.613. The molecular weight excluding hydrogens is 138 g/mol. The fourth-order valence-corrected chi connectivity index (χ4v) is 1.39. The fourth-order valence-electron chi connectivity index (χ4n) is 1.39. The lowest BCUT2D eigenvalue weighted by atomic mass is 10.1. The van der Waals surface area contributed by atoms with Crippen LogP contribution in [0.15, 0.2) is 6.08 Å². The van der Waals surface area contributed by atoms with Crippen LogP contribution < -0.4 is 5.73 Å². The number of aryl methyl sites for hydroxylation is 1. The van der Waals surface area contributed by atoms with E-state index in [9.17, 15) is 0 Å². The molecule has 0 amide bonds. The zero-order valence-electron chi connectivity index (χ0n) is 6.54. The Balaban J connectivity index is 2.61. The minimum absolute atomic E-state index is 0.613. The first-order chi connectivity index (χ1) is 5.29. The van der Waals surface area contributed by atoms with Crippen molar-refractivity contribution in [2.75, 3.05) is 5.73 Å². The molecule has 2 rings (SSSR count). The van der Waals surface area contributed by atoms with Gasteiger partial charge in [-0.1, -0.05) is 6.08 Å². The van der Waals surface area contributed by atoms with Crippen LogP contribution in [0.4, 0.5) is 5.95 Å². The lowest BCUT2D eigenvalue weighted by Gasteiger charge is -2.03. The smallest absolute Gasteiger partial charge is 0.200 e. The number of imidazole rings is 1. The van der Waals surface area contributed by atoms with Crippen molar-refractivity contribution in [2.45, 2.75) is 12.8 Å². The summed E-state index contributed by atoms with van der Waals surface area (Å²) < 4.78 is 1.92. The lowest BCUT2D eigenvalue weighted by molar-refractivity contribution is 0.893. The molecule has 3 heteroatoms. The molecule has 11 heavy (non-hydrogen) atoms. The molecule has 0 fully saturated rings. The number of hydrogen-bond acceptors (Lipinski definition) is 2. The summed E-state index contributed by atoms with van der Waals surface area (Å²) in [5.74, 6) is 0.613. The molecule has 58 valence electrons. The zero-order chi connectivity index (χ0) is 7.84. The third-order valence-corrected chi connectivity index (χ3v) is 2.07. The minimum Gasteiger partial charge on any atom is -0.369 e. The van der Waals surface area contributed by atoms with Crippen LogP contribution in [-0.4, -0.2) is 9.55 Å². The number of nitrogens with two attached hydrogens (primary N) is 1. The summed E-state index contributed by atoms with van der Waals surface area (Å²) in [5, 5.41) is 0. The monoisotopic (exact) mass is 149 g/mol. The van der Waals surface area contributed by atoms with Gasteiger partial charge in [-0.2, -0.15) is 0 Å². The Bertz CT molecular complexity index is 309. The van der Waals surface area contributed by atoms with Crippen molar-refractivity contribution in [3.63, 3.8) is 0 Å². The summed E-state index contributed by atoms with van der Waals surface area (Å²) in [6, 6.07) is 0. The van der Waals surface area contributed by atoms with Gasteiger partial charge in [0.2, 0.25) is 5.95 Å². The number of aromatic nitrogens is 2. The van der Waals surface area contributed by atoms with Crippen LogP contribution in [0.3, 0.4) is 0 Å². The topological polar surface area (TPSA) is 43.8 Å². The maximum Gasteiger partial charge on any atom is 0.200 e. The van der Waals surface area contributed by atoms with E-state index in [0.717, 1.165) is 24.2 Å². The molecule has 0 unspecified atom stereocenters. The zero-order valence-corrected chi connectivity index (χ0v) is 6.54. The van der Waals surface area contributed by atoms with Gasteiger partial charge in [0.05, 0.1) is 11.4 Å². The molecule has 0 radical (unpaired) electrons. The molecule has 2 N–H and O–H groups in total. The van der Waals surface area contributed by atoms with Gasteiger partial charge >= 0.3 is 0 Å². The van der Waals surface area contributed by atoms with Crippen LogP contribution in [0.2, 0.25) is 0 Å². The van der Waals surface area contributed by atoms with Gasteiger partial charge in [-0.15, -0.1) is 0 Å². The van der Waals surface area contributed by atoms with E-state index >= 15 is 0 Å². The second-order valence-corrected chi connectivity index (χ2v) is 2.80. The van der Waals surface area contributed by atoms with Crippen LogP contribution >= 0.6 is 0 Å². The van der Waals surface area contributed by atoms with Crippen LogP contribution in [0, 0.1) is 0 Å². The average Bonchev–Trinajstić information content (AvgIpc) is 2.30. The SMILES string of the molecule is Cn1c(N)nc2c1C=CCC2. The van der Waals surface area contributed by atoms with Crippen molar-refractivity contribution in [1.29, 1.82) is 0 Å². The summed E-state index contributed by atoms with van der Waals surface area (Å²) in [6.07, 6.45) is 6.35. The van der Waals surface area contributed by atoms with E-state index in [0.29, 0.717) is 5.95 Å². The van der Waals surface area contributed by atoms with Crippen molar-refractivity contribution in [1.82, 2.24) is 9.55 Å². The molecule has 0 bridgehead atoms. The highest BCUT2D eigenvalue weighted by atomic mass is 15.1. The highest BCUT2D eigenvalue weighted by molar-refractivity contribution is 5.53. The van der Waals surface area contributed by atoms with Crippen molar-refractivity contribution in [3.05, 3.63) is 17.5 Å². The second-order valence-electron chi connectivity index (χ2n) is 2.80. The van der Waals surface area contributed by atoms with Crippen molar-refractivity contribution >= 4 is 12.0 Å². The summed E-state index contributed by atoms with van der Waals surface area (Å²) in [7, 11) is 1.94. The molecule has 0 atom stereocenters. The Morgan fingerprint density at radius 3 is 3.18 bits per heavy atom. The quantitative estimate of drug-likeness (QED) is 0.597. The van der Waals surface area contributed by atoms with Crippen LogP contribution in [0.1, 0.15) is 17.8 Å². The summed E-state index contributed by atoms with van der Waals surface area (Å²) >= 11 is 0. The van der Waals surface area contributed by atoms with Gasteiger partial charge < -0.3 is 10.3 Å². The summed E-state index contributed by atoms with van der Waals surface area (Å²) in [5.41, 5.74) is 7.93. The van der Waals surface area contributed by atoms with E-state index in [1.165, 1.54) is 0 Å². The maximum absolute atomic E-state index is 5.64. The molecule has 1 aromatic rings. The average molecular weight is 149 g/mol. The van der Waals surface area contributed by atoms with Gasteiger partial charge in [0.15, 0.2) is 0 Å². The molecule has 0 spiro atoms. The first-order valence-corrected chi connectivity index (χ1v) is 3.76. The maximum atomic E-state index is 5.64. The van der Waals surface area contributed by atoms with E-state index in [-0.39, 0.29) is 0 Å². The Hall–Kier alpha value is -1.25. The third kappa shape index (κ3) is 0.843. The Morgan fingerprint density at radius 2 is 2.45 bits per heavy atom. The summed E-state index contributed by atoms with van der Waals surface area (Å²) in [4.78, 5) is 4.24. The Kier molecular flexibility index (Phi) is 1.24. The van der Waals surface area contributed by atoms with Crippen molar-refractivity contribution < 1.29 is 0 Å². The van der Waals surface area contributed by atoms with Gasteiger partial charge in [-0.3, -0.25) is 0 Å². The largest absolute Gasteiger partial charge is 0.369 e. The standard InChI is InChI=1S/C8H11N3/c1-11-7-5-3-2-4-6(7)10-8(11)9/h3,5H,2,4H2,1H3,(H2,9,10). The third-order valence-electron chi connectivity index (χ3n) is 2.07. The lowest BCUT2D eigenvalue weighted by Crippen LogP contribution is -1.99. The van der Waals surface area contributed by atoms with E-state index in [1.807, 2.05) is 11.6 Å². The van der Waals surface area contributed by atoms with E-state index in [2.05, 4.69) is 17.1 Å². The van der Waals surface area contributed by atoms with Crippen LogP contribution in [0.25, 0.3) is 6.08 Å². The van der Waals surface area contributed by atoms with Crippen molar-refractivity contribution in [2.24, 2.45) is 7.05 Å². The van der Waals surface area contributed by atoms with Gasteiger partial charge in [0.25, 0.3) is 0 Å². The van der Waals surface area contributed by atoms with Crippen molar-refractivity contribution in [3.8, 4) is 0 Å². The highest BCUT2D eigenvalue weighted by Gasteiger charge is 2.11. The molecule has 3 nitrogen and oxygen atoms in total. The molecule has 1 heterocycles. The number of fused-ring (bicyclic) bond motifs is 1. The van der Waals surface area contributed by atoms with Gasteiger partial charge in [0, 0.05) is 7.05 Å². The number of anilines is 1. The number of allylic oxidation sites excluding steroid dienone is 1. The highest BCUT2D eigenvalue weighted by Crippen LogP contribution is 2.19. The fraction of sp³-hybridized carbons (Fsp3) is 0.375. The van der Waals surface area contributed by atoms with Gasteiger partial charge in [-0.05, 0) is 18.9 Å². The van der Waals surface area contributed by atoms with Gasteiger partial charge in [-0.25, -0.2) is 4.98 Å². The number of nitrogens with zero attached hydrogens (tertiary/aromatic N) is 2. The number of hydrogen-bond donors (Lipinski definition) is 1.